The van der Waals surface area contributed by atoms with Crippen molar-refractivity contribution >= 4 is 17.2 Å². The Balaban J connectivity index is 3.09. The Morgan fingerprint density at radius 2 is 2.25 bits per heavy atom. The van der Waals surface area contributed by atoms with Gasteiger partial charge in [0.15, 0.2) is 0 Å². The van der Waals surface area contributed by atoms with Gasteiger partial charge in [-0.3, -0.25) is 0 Å². The first-order valence-corrected chi connectivity index (χ1v) is 4.17. The molecule has 0 amide bonds. The molecule has 0 aliphatic heterocycles. The average Bonchev–Trinajstić information content (AvgIpc) is 2.03. The summed E-state index contributed by atoms with van der Waals surface area (Å²) in [5, 5.41) is 0.727. The molecule has 0 fully saturated rings. The summed E-state index contributed by atoms with van der Waals surface area (Å²) in [6, 6.07) is 5.87. The molecule has 0 spiro atoms. The maximum absolute atomic E-state index is 5.99. The topological polar surface area (TPSA) is 26.0 Å². The SMILES string of the molecule is C=C(CN)c1ccc(C)cc1Cl. The van der Waals surface area contributed by atoms with Crippen molar-refractivity contribution < 1.29 is 0 Å². The van der Waals surface area contributed by atoms with Gasteiger partial charge in [-0.1, -0.05) is 30.3 Å². The number of hydrogen-bond acceptors (Lipinski definition) is 1. The number of halogens is 1. The molecule has 0 aliphatic rings. The number of benzene rings is 1. The number of aryl methyl sites for hydroxylation is 1. The summed E-state index contributed by atoms with van der Waals surface area (Å²) < 4.78 is 0. The van der Waals surface area contributed by atoms with Gasteiger partial charge < -0.3 is 5.73 Å². The van der Waals surface area contributed by atoms with Gasteiger partial charge in [0.05, 0.1) is 0 Å². The largest absolute Gasteiger partial charge is 0.326 e. The summed E-state index contributed by atoms with van der Waals surface area (Å²) in [5.74, 6) is 0. The number of rotatable bonds is 2. The minimum Gasteiger partial charge on any atom is -0.326 e. The molecule has 0 atom stereocenters. The Morgan fingerprint density at radius 1 is 1.58 bits per heavy atom. The van der Waals surface area contributed by atoms with Crippen molar-refractivity contribution in [1.82, 2.24) is 0 Å². The maximum Gasteiger partial charge on any atom is 0.0484 e. The van der Waals surface area contributed by atoms with Gasteiger partial charge in [-0.2, -0.15) is 0 Å². The summed E-state index contributed by atoms with van der Waals surface area (Å²) in [6.07, 6.45) is 0. The van der Waals surface area contributed by atoms with E-state index in [4.69, 9.17) is 17.3 Å². The van der Waals surface area contributed by atoms with E-state index in [1.165, 1.54) is 0 Å². The predicted octanol–water partition coefficient (Wildman–Crippen LogP) is 2.62. The monoisotopic (exact) mass is 181 g/mol. The van der Waals surface area contributed by atoms with E-state index < -0.39 is 0 Å². The second kappa shape index (κ2) is 3.74. The molecule has 64 valence electrons. The van der Waals surface area contributed by atoms with Crippen molar-refractivity contribution in [3.63, 3.8) is 0 Å². The number of nitrogens with two attached hydrogens (primary N) is 1. The van der Waals surface area contributed by atoms with E-state index in [9.17, 15) is 0 Å². The molecule has 1 aromatic carbocycles. The fraction of sp³-hybridized carbons (Fsp3) is 0.200. The van der Waals surface area contributed by atoms with Crippen LogP contribution in [0.25, 0.3) is 5.57 Å². The summed E-state index contributed by atoms with van der Waals surface area (Å²) in [6.45, 7) is 6.27. The van der Waals surface area contributed by atoms with Crippen LogP contribution in [0.3, 0.4) is 0 Å². The first-order chi connectivity index (χ1) is 5.65. The highest BCUT2D eigenvalue weighted by Crippen LogP contribution is 2.22. The van der Waals surface area contributed by atoms with Crippen LogP contribution in [0, 0.1) is 6.92 Å². The van der Waals surface area contributed by atoms with Crippen molar-refractivity contribution in [2.75, 3.05) is 6.54 Å². The zero-order valence-corrected chi connectivity index (χ0v) is 7.86. The van der Waals surface area contributed by atoms with Gasteiger partial charge in [0.25, 0.3) is 0 Å². The van der Waals surface area contributed by atoms with Crippen LogP contribution >= 0.6 is 11.6 Å². The molecule has 0 aromatic heterocycles. The molecule has 0 saturated heterocycles. The lowest BCUT2D eigenvalue weighted by molar-refractivity contribution is 1.27. The Bertz CT molecular complexity index is 305. The molecule has 1 rings (SSSR count). The van der Waals surface area contributed by atoms with Crippen LogP contribution < -0.4 is 5.73 Å². The Labute approximate surface area is 77.8 Å². The van der Waals surface area contributed by atoms with Crippen LogP contribution in [0.5, 0.6) is 0 Å². The third-order valence-corrected chi connectivity index (χ3v) is 2.06. The molecule has 1 aromatic rings. The first kappa shape index (κ1) is 9.30. The molecule has 1 nitrogen and oxygen atoms in total. The molecule has 12 heavy (non-hydrogen) atoms. The van der Waals surface area contributed by atoms with E-state index >= 15 is 0 Å². The normalized spacial score (nSPS) is 9.92. The van der Waals surface area contributed by atoms with Gasteiger partial charge >= 0.3 is 0 Å². The smallest absolute Gasteiger partial charge is 0.0484 e. The van der Waals surface area contributed by atoms with E-state index in [-0.39, 0.29) is 0 Å². The molecule has 0 saturated carbocycles. The van der Waals surface area contributed by atoms with Crippen LogP contribution in [-0.2, 0) is 0 Å². The van der Waals surface area contributed by atoms with Crippen LogP contribution in [0.15, 0.2) is 24.8 Å². The minimum atomic E-state index is 0.447. The first-order valence-electron chi connectivity index (χ1n) is 3.79. The van der Waals surface area contributed by atoms with Gasteiger partial charge in [-0.25, -0.2) is 0 Å². The van der Waals surface area contributed by atoms with Gasteiger partial charge in [0.1, 0.15) is 0 Å². The zero-order valence-electron chi connectivity index (χ0n) is 7.10. The maximum atomic E-state index is 5.99. The van der Waals surface area contributed by atoms with Crippen molar-refractivity contribution in [3.8, 4) is 0 Å². The zero-order chi connectivity index (χ0) is 9.14. The Morgan fingerprint density at radius 3 is 2.75 bits per heavy atom. The Kier molecular flexibility index (Phi) is 2.90. The van der Waals surface area contributed by atoms with Crippen LogP contribution in [0.2, 0.25) is 5.02 Å². The molecule has 0 radical (unpaired) electrons. The third kappa shape index (κ3) is 1.87. The van der Waals surface area contributed by atoms with E-state index in [1.807, 2.05) is 25.1 Å². The second-order valence-electron chi connectivity index (χ2n) is 2.79. The molecular weight excluding hydrogens is 170 g/mol. The fourth-order valence-corrected chi connectivity index (χ4v) is 1.39. The van der Waals surface area contributed by atoms with Gasteiger partial charge in [-0.15, -0.1) is 0 Å². The Hall–Kier alpha value is -0.790. The predicted molar refractivity (Wildman–Crippen MR) is 54.3 cm³/mol. The van der Waals surface area contributed by atoms with Gasteiger partial charge in [0.2, 0.25) is 0 Å². The lowest BCUT2D eigenvalue weighted by atomic mass is 10.1. The van der Waals surface area contributed by atoms with Crippen LogP contribution in [-0.4, -0.2) is 6.54 Å². The molecule has 0 bridgehead atoms. The average molecular weight is 182 g/mol. The minimum absolute atomic E-state index is 0.447. The van der Waals surface area contributed by atoms with Crippen molar-refractivity contribution in [2.45, 2.75) is 6.92 Å². The fourth-order valence-electron chi connectivity index (χ4n) is 1.02. The summed E-state index contributed by atoms with van der Waals surface area (Å²) in [4.78, 5) is 0. The van der Waals surface area contributed by atoms with Gasteiger partial charge in [-0.05, 0) is 29.7 Å². The van der Waals surface area contributed by atoms with Crippen molar-refractivity contribution in [2.24, 2.45) is 5.73 Å². The molecule has 0 heterocycles. The van der Waals surface area contributed by atoms with E-state index in [2.05, 4.69) is 6.58 Å². The quantitative estimate of drug-likeness (QED) is 0.746. The van der Waals surface area contributed by atoms with E-state index in [0.717, 1.165) is 21.7 Å². The van der Waals surface area contributed by atoms with Gasteiger partial charge in [0, 0.05) is 11.6 Å². The van der Waals surface area contributed by atoms with Crippen LogP contribution in [0.1, 0.15) is 11.1 Å². The number of hydrogen-bond donors (Lipinski definition) is 1. The lowest BCUT2D eigenvalue weighted by Crippen LogP contribution is -2.01. The summed E-state index contributed by atoms with van der Waals surface area (Å²) in [5.41, 5.74) is 8.42. The lowest BCUT2D eigenvalue weighted by Gasteiger charge is -2.05. The van der Waals surface area contributed by atoms with Crippen molar-refractivity contribution in [3.05, 3.63) is 40.9 Å². The highest BCUT2D eigenvalue weighted by molar-refractivity contribution is 6.32. The van der Waals surface area contributed by atoms with Crippen molar-refractivity contribution in [1.29, 1.82) is 0 Å². The third-order valence-electron chi connectivity index (χ3n) is 1.75. The molecule has 0 aliphatic carbocycles. The molecule has 2 N–H and O–H groups in total. The summed E-state index contributed by atoms with van der Waals surface area (Å²) >= 11 is 5.99. The molecule has 0 unspecified atom stereocenters. The van der Waals surface area contributed by atoms with Crippen LogP contribution in [0.4, 0.5) is 0 Å². The second-order valence-corrected chi connectivity index (χ2v) is 3.20. The highest BCUT2D eigenvalue weighted by Gasteiger charge is 2.01. The molecule has 2 heteroatoms. The molecular formula is C10H12ClN. The standard InChI is InChI=1S/C10H12ClN/c1-7-3-4-9(8(2)6-12)10(11)5-7/h3-5H,2,6,12H2,1H3. The summed E-state index contributed by atoms with van der Waals surface area (Å²) in [7, 11) is 0. The van der Waals surface area contributed by atoms with E-state index in [1.54, 1.807) is 0 Å². The highest BCUT2D eigenvalue weighted by atomic mass is 35.5. The van der Waals surface area contributed by atoms with E-state index in [0.29, 0.717) is 6.54 Å².